The summed E-state index contributed by atoms with van der Waals surface area (Å²) in [5, 5.41) is 0. The number of nitrogens with two attached hydrogens (primary N) is 1. The number of hydrogen-bond donors (Lipinski definition) is 1. The van der Waals surface area contributed by atoms with Crippen LogP contribution in [0.25, 0.3) is 0 Å². The summed E-state index contributed by atoms with van der Waals surface area (Å²) in [6.07, 6.45) is 1.11. The molecule has 2 rings (SSSR count). The van der Waals surface area contributed by atoms with Gasteiger partial charge in [0.05, 0.1) is 12.6 Å². The van der Waals surface area contributed by atoms with E-state index in [1.54, 1.807) is 0 Å². The summed E-state index contributed by atoms with van der Waals surface area (Å²) in [6, 6.07) is 11.1. The van der Waals surface area contributed by atoms with Crippen molar-refractivity contribution in [2.45, 2.75) is 32.2 Å². The highest BCUT2D eigenvalue weighted by molar-refractivity contribution is 5.80. The van der Waals surface area contributed by atoms with Crippen LogP contribution in [0.4, 0.5) is 0 Å². The van der Waals surface area contributed by atoms with E-state index in [0.717, 1.165) is 19.5 Å². The highest BCUT2D eigenvalue weighted by atomic mass is 15.3. The van der Waals surface area contributed by atoms with E-state index < -0.39 is 0 Å². The summed E-state index contributed by atoms with van der Waals surface area (Å²) < 4.78 is 0. The quantitative estimate of drug-likeness (QED) is 0.863. The second kappa shape index (κ2) is 5.21. The molecular formula is C14H21N3. The molecule has 3 heteroatoms. The Kier molecular flexibility index (Phi) is 3.67. The van der Waals surface area contributed by atoms with Crippen LogP contribution in [0.15, 0.2) is 35.3 Å². The highest BCUT2D eigenvalue weighted by Crippen LogP contribution is 2.24. The molecule has 0 saturated heterocycles. The number of likely N-dealkylation sites (N-methyl/N-ethyl adjacent to an activating group) is 1. The minimum atomic E-state index is 0.468. The smallest absolute Gasteiger partial charge is 0.191 e. The van der Waals surface area contributed by atoms with Crippen LogP contribution in [0, 0.1) is 0 Å². The topological polar surface area (TPSA) is 41.6 Å². The van der Waals surface area contributed by atoms with E-state index in [2.05, 4.69) is 54.1 Å². The van der Waals surface area contributed by atoms with Gasteiger partial charge in [-0.25, -0.2) is 0 Å². The van der Waals surface area contributed by atoms with Crippen LogP contribution in [-0.2, 0) is 0 Å². The molecular weight excluding hydrogens is 210 g/mol. The van der Waals surface area contributed by atoms with E-state index in [1.807, 2.05) is 0 Å². The lowest BCUT2D eigenvalue weighted by molar-refractivity contribution is 0.323. The zero-order valence-electron chi connectivity index (χ0n) is 10.6. The fraction of sp³-hybridized carbons (Fsp3) is 0.500. The minimum Gasteiger partial charge on any atom is -0.370 e. The molecule has 1 aromatic rings. The van der Waals surface area contributed by atoms with E-state index in [0.29, 0.717) is 17.9 Å². The van der Waals surface area contributed by atoms with Crippen LogP contribution in [0.3, 0.4) is 0 Å². The van der Waals surface area contributed by atoms with Gasteiger partial charge in [-0.2, -0.15) is 0 Å². The van der Waals surface area contributed by atoms with Crippen molar-refractivity contribution in [1.82, 2.24) is 4.90 Å². The Balaban J connectivity index is 1.98. The van der Waals surface area contributed by atoms with Gasteiger partial charge in [-0.3, -0.25) is 4.99 Å². The van der Waals surface area contributed by atoms with Crippen molar-refractivity contribution in [3.05, 3.63) is 35.9 Å². The molecule has 0 fully saturated rings. The summed E-state index contributed by atoms with van der Waals surface area (Å²) in [6.45, 7) is 6.20. The molecule has 0 radical (unpaired) electrons. The predicted octanol–water partition coefficient (Wildman–Crippen LogP) is 2.20. The Morgan fingerprint density at radius 3 is 2.76 bits per heavy atom. The van der Waals surface area contributed by atoms with Crippen LogP contribution >= 0.6 is 0 Å². The van der Waals surface area contributed by atoms with E-state index in [4.69, 9.17) is 5.73 Å². The summed E-state index contributed by atoms with van der Waals surface area (Å²) in [7, 11) is 0. The first-order valence-electron chi connectivity index (χ1n) is 6.34. The zero-order valence-corrected chi connectivity index (χ0v) is 10.6. The third-order valence-electron chi connectivity index (χ3n) is 3.53. The molecule has 0 aliphatic carbocycles. The molecule has 1 aliphatic heterocycles. The van der Waals surface area contributed by atoms with Crippen LogP contribution in [-0.4, -0.2) is 30.0 Å². The maximum Gasteiger partial charge on any atom is 0.191 e. The number of aliphatic imine (C=N–C) groups is 1. The Morgan fingerprint density at radius 2 is 2.12 bits per heavy atom. The van der Waals surface area contributed by atoms with Crippen molar-refractivity contribution in [3.8, 4) is 0 Å². The molecule has 0 saturated carbocycles. The highest BCUT2D eigenvalue weighted by Gasteiger charge is 2.26. The molecule has 3 nitrogen and oxygen atoms in total. The molecule has 1 aliphatic rings. The van der Waals surface area contributed by atoms with Gasteiger partial charge in [0, 0.05) is 6.54 Å². The molecule has 92 valence electrons. The average Bonchev–Trinajstić information content (AvgIpc) is 2.71. The lowest BCUT2D eigenvalue weighted by Gasteiger charge is -2.27. The Hall–Kier alpha value is -1.51. The van der Waals surface area contributed by atoms with Crippen molar-refractivity contribution in [3.63, 3.8) is 0 Å². The maximum atomic E-state index is 5.87. The van der Waals surface area contributed by atoms with Crippen molar-refractivity contribution in [1.29, 1.82) is 0 Å². The molecule has 2 atom stereocenters. The van der Waals surface area contributed by atoms with Gasteiger partial charge in [-0.1, -0.05) is 37.3 Å². The number of rotatable bonds is 4. The van der Waals surface area contributed by atoms with Gasteiger partial charge in [0.15, 0.2) is 5.96 Å². The van der Waals surface area contributed by atoms with E-state index in [9.17, 15) is 0 Å². The summed E-state index contributed by atoms with van der Waals surface area (Å²) >= 11 is 0. The monoisotopic (exact) mass is 231 g/mol. The van der Waals surface area contributed by atoms with Crippen LogP contribution < -0.4 is 5.73 Å². The first kappa shape index (κ1) is 12.0. The van der Waals surface area contributed by atoms with Gasteiger partial charge in [0.2, 0.25) is 0 Å². The van der Waals surface area contributed by atoms with Gasteiger partial charge in [-0.05, 0) is 24.8 Å². The number of hydrogen-bond acceptors (Lipinski definition) is 3. The molecule has 0 bridgehead atoms. The van der Waals surface area contributed by atoms with Crippen LogP contribution in [0.1, 0.15) is 31.7 Å². The second-order valence-electron chi connectivity index (χ2n) is 4.69. The largest absolute Gasteiger partial charge is 0.370 e. The molecule has 2 N–H and O–H groups in total. The Labute approximate surface area is 103 Å². The van der Waals surface area contributed by atoms with Gasteiger partial charge >= 0.3 is 0 Å². The average molecular weight is 231 g/mol. The summed E-state index contributed by atoms with van der Waals surface area (Å²) in [4.78, 5) is 6.54. The van der Waals surface area contributed by atoms with E-state index >= 15 is 0 Å². The third-order valence-corrected chi connectivity index (χ3v) is 3.53. The van der Waals surface area contributed by atoms with Gasteiger partial charge in [0.25, 0.3) is 0 Å². The lowest BCUT2D eigenvalue weighted by atomic mass is 9.93. The summed E-state index contributed by atoms with van der Waals surface area (Å²) in [5.74, 6) is 1.26. The molecule has 2 unspecified atom stereocenters. The first-order valence-corrected chi connectivity index (χ1v) is 6.34. The zero-order chi connectivity index (χ0) is 12.3. The fourth-order valence-corrected chi connectivity index (χ4v) is 2.52. The van der Waals surface area contributed by atoms with Gasteiger partial charge in [0.1, 0.15) is 0 Å². The minimum absolute atomic E-state index is 0.468. The lowest BCUT2D eigenvalue weighted by Crippen LogP contribution is -2.40. The normalized spacial score (nSPS) is 21.4. The molecule has 0 amide bonds. The molecule has 0 aromatic heterocycles. The maximum absolute atomic E-state index is 5.87. The van der Waals surface area contributed by atoms with E-state index in [1.165, 1.54) is 5.56 Å². The van der Waals surface area contributed by atoms with Crippen molar-refractivity contribution in [2.75, 3.05) is 13.1 Å². The third kappa shape index (κ3) is 2.60. The van der Waals surface area contributed by atoms with Crippen LogP contribution in [0.2, 0.25) is 0 Å². The van der Waals surface area contributed by atoms with Gasteiger partial charge < -0.3 is 10.6 Å². The van der Waals surface area contributed by atoms with Crippen LogP contribution in [0.5, 0.6) is 0 Å². The summed E-state index contributed by atoms with van der Waals surface area (Å²) in [5.41, 5.74) is 7.27. The number of benzene rings is 1. The van der Waals surface area contributed by atoms with Crippen molar-refractivity contribution in [2.24, 2.45) is 10.7 Å². The molecule has 17 heavy (non-hydrogen) atoms. The molecule has 0 spiro atoms. The van der Waals surface area contributed by atoms with Crippen molar-refractivity contribution >= 4 is 5.96 Å². The second-order valence-corrected chi connectivity index (χ2v) is 4.69. The molecule has 1 heterocycles. The predicted molar refractivity (Wildman–Crippen MR) is 72.1 cm³/mol. The van der Waals surface area contributed by atoms with Gasteiger partial charge in [-0.15, -0.1) is 0 Å². The number of guanidine groups is 1. The van der Waals surface area contributed by atoms with E-state index in [-0.39, 0.29) is 0 Å². The first-order chi connectivity index (χ1) is 8.22. The van der Waals surface area contributed by atoms with Crippen molar-refractivity contribution < 1.29 is 0 Å². The standard InChI is InChI=1S/C14H21N3/c1-3-17-13(10-16-14(17)15)9-11(2)12-7-5-4-6-8-12/h4-8,11,13H,3,9-10H2,1-2H3,(H2,15,16). The Bertz CT molecular complexity index is 386. The molecule has 1 aromatic carbocycles. The fourth-order valence-electron chi connectivity index (χ4n) is 2.52. The number of nitrogens with zero attached hydrogens (tertiary/aromatic N) is 2. The SMILES string of the molecule is CCN1C(N)=NCC1CC(C)c1ccccc1. The Morgan fingerprint density at radius 1 is 1.41 bits per heavy atom.